The van der Waals surface area contributed by atoms with E-state index in [-0.39, 0.29) is 6.10 Å². The van der Waals surface area contributed by atoms with E-state index in [0.29, 0.717) is 5.82 Å². The third kappa shape index (κ3) is 2.45. The zero-order valence-corrected chi connectivity index (χ0v) is 8.82. The molecule has 0 N–H and O–H groups in total. The van der Waals surface area contributed by atoms with Crippen molar-refractivity contribution in [2.24, 2.45) is 0 Å². The number of rotatable bonds is 2. The summed E-state index contributed by atoms with van der Waals surface area (Å²) in [6.07, 6.45) is 2.38. The summed E-state index contributed by atoms with van der Waals surface area (Å²) < 4.78 is 18.2. The highest BCUT2D eigenvalue weighted by molar-refractivity contribution is 5.38. The van der Waals surface area contributed by atoms with E-state index >= 15 is 0 Å². The van der Waals surface area contributed by atoms with Crippen molar-refractivity contribution in [3.63, 3.8) is 0 Å². The van der Waals surface area contributed by atoms with E-state index < -0.39 is 5.95 Å². The van der Waals surface area contributed by atoms with Gasteiger partial charge in [0.15, 0.2) is 0 Å². The molecule has 2 rings (SSSR count). The molecule has 0 aliphatic carbocycles. The molecule has 1 saturated heterocycles. The smallest absolute Gasteiger partial charge is 0.214 e. The second-order valence-electron chi connectivity index (χ2n) is 3.76. The van der Waals surface area contributed by atoms with Crippen LogP contribution >= 0.6 is 0 Å². The maximum atomic E-state index is 12.9. The van der Waals surface area contributed by atoms with Gasteiger partial charge in [0.2, 0.25) is 5.95 Å². The molecule has 15 heavy (non-hydrogen) atoms. The van der Waals surface area contributed by atoms with Crippen LogP contribution in [-0.4, -0.2) is 31.3 Å². The molecular weight excluding hydrogens is 195 g/mol. The third-order valence-electron chi connectivity index (χ3n) is 2.74. The molecule has 1 aromatic rings. The monoisotopic (exact) mass is 210 g/mol. The third-order valence-corrected chi connectivity index (χ3v) is 2.74. The van der Waals surface area contributed by atoms with Gasteiger partial charge >= 0.3 is 0 Å². The topological polar surface area (TPSA) is 25.4 Å². The molecule has 0 spiro atoms. The van der Waals surface area contributed by atoms with Crippen LogP contribution in [0.4, 0.5) is 10.2 Å². The highest BCUT2D eigenvalue weighted by atomic mass is 19.1. The molecule has 0 amide bonds. The summed E-state index contributed by atoms with van der Waals surface area (Å²) in [7, 11) is 1.72. The number of anilines is 1. The van der Waals surface area contributed by atoms with E-state index in [0.717, 1.165) is 25.9 Å². The summed E-state index contributed by atoms with van der Waals surface area (Å²) in [4.78, 5) is 5.94. The zero-order chi connectivity index (χ0) is 10.7. The lowest BCUT2D eigenvalue weighted by molar-refractivity contribution is 0.0891. The lowest BCUT2D eigenvalue weighted by Gasteiger charge is -2.32. The van der Waals surface area contributed by atoms with Gasteiger partial charge in [-0.25, -0.2) is 4.98 Å². The molecular formula is C11H15FN2O. The van der Waals surface area contributed by atoms with Gasteiger partial charge in [0.25, 0.3) is 0 Å². The number of ether oxygens (including phenoxy) is 1. The Hall–Kier alpha value is -1.16. The molecule has 3 nitrogen and oxygen atoms in total. The van der Waals surface area contributed by atoms with Crippen molar-refractivity contribution in [2.45, 2.75) is 18.9 Å². The second kappa shape index (κ2) is 4.57. The van der Waals surface area contributed by atoms with Gasteiger partial charge in [-0.15, -0.1) is 0 Å². The molecule has 1 aliphatic rings. The largest absolute Gasteiger partial charge is 0.380 e. The van der Waals surface area contributed by atoms with E-state index in [1.807, 2.05) is 6.07 Å². The first-order valence-electron chi connectivity index (χ1n) is 5.20. The van der Waals surface area contributed by atoms with E-state index in [1.165, 1.54) is 6.07 Å². The van der Waals surface area contributed by atoms with Crippen LogP contribution in [-0.2, 0) is 4.74 Å². The average Bonchev–Trinajstić information content (AvgIpc) is 2.29. The van der Waals surface area contributed by atoms with Gasteiger partial charge in [0.1, 0.15) is 5.82 Å². The highest BCUT2D eigenvalue weighted by Gasteiger charge is 2.20. The summed E-state index contributed by atoms with van der Waals surface area (Å²) in [5, 5.41) is 0. The normalized spacial score (nSPS) is 21.7. The predicted octanol–water partition coefficient (Wildman–Crippen LogP) is 1.84. The van der Waals surface area contributed by atoms with Crippen LogP contribution in [0.5, 0.6) is 0 Å². The van der Waals surface area contributed by atoms with Crippen molar-refractivity contribution in [3.8, 4) is 0 Å². The number of halogens is 1. The van der Waals surface area contributed by atoms with E-state index in [1.54, 1.807) is 13.2 Å². The second-order valence-corrected chi connectivity index (χ2v) is 3.76. The summed E-state index contributed by atoms with van der Waals surface area (Å²) in [6.45, 7) is 1.73. The van der Waals surface area contributed by atoms with Crippen LogP contribution < -0.4 is 4.90 Å². The Morgan fingerprint density at radius 2 is 2.40 bits per heavy atom. The zero-order valence-electron chi connectivity index (χ0n) is 8.82. The minimum absolute atomic E-state index is 0.240. The van der Waals surface area contributed by atoms with Crippen molar-refractivity contribution in [2.75, 3.05) is 25.1 Å². The van der Waals surface area contributed by atoms with Crippen molar-refractivity contribution in [1.82, 2.24) is 4.98 Å². The predicted molar refractivity (Wildman–Crippen MR) is 56.4 cm³/mol. The van der Waals surface area contributed by atoms with Gasteiger partial charge in [0.05, 0.1) is 6.10 Å². The Balaban J connectivity index is 2.09. The van der Waals surface area contributed by atoms with Crippen LogP contribution in [0.3, 0.4) is 0 Å². The summed E-state index contributed by atoms with van der Waals surface area (Å²) >= 11 is 0. The molecule has 0 radical (unpaired) electrons. The number of piperidine rings is 1. The first kappa shape index (κ1) is 10.4. The lowest BCUT2D eigenvalue weighted by Crippen LogP contribution is -2.39. The van der Waals surface area contributed by atoms with E-state index in [2.05, 4.69) is 9.88 Å². The molecule has 1 aromatic heterocycles. The number of pyridine rings is 1. The van der Waals surface area contributed by atoms with E-state index in [9.17, 15) is 4.39 Å². The van der Waals surface area contributed by atoms with Crippen molar-refractivity contribution in [3.05, 3.63) is 24.1 Å². The Bertz CT molecular complexity index is 332. The Morgan fingerprint density at radius 3 is 3.13 bits per heavy atom. The van der Waals surface area contributed by atoms with Gasteiger partial charge < -0.3 is 9.64 Å². The van der Waals surface area contributed by atoms with Gasteiger partial charge in [-0.1, -0.05) is 6.07 Å². The van der Waals surface area contributed by atoms with Gasteiger partial charge in [-0.2, -0.15) is 4.39 Å². The highest BCUT2D eigenvalue weighted by Crippen LogP contribution is 2.19. The molecule has 1 fully saturated rings. The van der Waals surface area contributed by atoms with Crippen LogP contribution in [0, 0.1) is 5.95 Å². The Kier molecular flexibility index (Phi) is 3.16. The number of nitrogens with zero attached hydrogens (tertiary/aromatic N) is 2. The molecule has 82 valence electrons. The van der Waals surface area contributed by atoms with Gasteiger partial charge in [-0.05, 0) is 25.0 Å². The standard InChI is InChI=1S/C11H15FN2O/c1-15-9-4-3-7-14(8-9)11-6-2-5-10(12)13-11/h2,5-6,9H,3-4,7-8H2,1H3/t9-/m1/s1. The quantitative estimate of drug-likeness (QED) is 0.696. The molecule has 0 aromatic carbocycles. The molecule has 0 unspecified atom stereocenters. The Morgan fingerprint density at radius 1 is 1.53 bits per heavy atom. The van der Waals surface area contributed by atoms with Crippen LogP contribution in [0.15, 0.2) is 18.2 Å². The summed E-state index contributed by atoms with van der Waals surface area (Å²) in [5.74, 6) is 0.281. The van der Waals surface area contributed by atoms with Crippen molar-refractivity contribution < 1.29 is 9.13 Å². The fraction of sp³-hybridized carbons (Fsp3) is 0.545. The molecule has 1 aliphatic heterocycles. The maximum absolute atomic E-state index is 12.9. The SMILES string of the molecule is CO[C@@H]1CCCN(c2cccc(F)n2)C1. The van der Waals surface area contributed by atoms with E-state index in [4.69, 9.17) is 4.74 Å². The fourth-order valence-electron chi connectivity index (χ4n) is 1.91. The molecule has 1 atom stereocenters. The van der Waals surface area contributed by atoms with Crippen molar-refractivity contribution >= 4 is 5.82 Å². The first-order chi connectivity index (χ1) is 7.29. The minimum atomic E-state index is -0.424. The number of aromatic nitrogens is 1. The lowest BCUT2D eigenvalue weighted by atomic mass is 10.1. The number of hydrogen-bond acceptors (Lipinski definition) is 3. The molecule has 0 saturated carbocycles. The summed E-state index contributed by atoms with van der Waals surface area (Å²) in [6, 6.07) is 4.89. The van der Waals surface area contributed by atoms with Crippen LogP contribution in [0.1, 0.15) is 12.8 Å². The van der Waals surface area contributed by atoms with Crippen LogP contribution in [0.2, 0.25) is 0 Å². The average molecular weight is 210 g/mol. The van der Waals surface area contributed by atoms with Gasteiger partial charge in [0, 0.05) is 20.2 Å². The fourth-order valence-corrected chi connectivity index (χ4v) is 1.91. The molecule has 0 bridgehead atoms. The molecule has 4 heteroatoms. The van der Waals surface area contributed by atoms with Gasteiger partial charge in [-0.3, -0.25) is 0 Å². The summed E-state index contributed by atoms with van der Waals surface area (Å²) in [5.41, 5.74) is 0. The van der Waals surface area contributed by atoms with Crippen molar-refractivity contribution in [1.29, 1.82) is 0 Å². The minimum Gasteiger partial charge on any atom is -0.380 e. The number of hydrogen-bond donors (Lipinski definition) is 0. The first-order valence-corrected chi connectivity index (χ1v) is 5.20. The maximum Gasteiger partial charge on any atom is 0.214 e. The van der Waals surface area contributed by atoms with Crippen LogP contribution in [0.25, 0.3) is 0 Å². The molecule has 2 heterocycles. The Labute approximate surface area is 88.9 Å². The number of methoxy groups -OCH3 is 1.